The van der Waals surface area contributed by atoms with Gasteiger partial charge in [0.15, 0.2) is 0 Å². The molecule has 3 aromatic rings. The number of carbonyl (C=O) groups is 2. The summed E-state index contributed by atoms with van der Waals surface area (Å²) >= 11 is 0. The van der Waals surface area contributed by atoms with E-state index in [-0.39, 0.29) is 11.8 Å². The highest BCUT2D eigenvalue weighted by molar-refractivity contribution is 6.04. The first-order valence-corrected chi connectivity index (χ1v) is 11.6. The van der Waals surface area contributed by atoms with Gasteiger partial charge < -0.3 is 15.1 Å². The minimum Gasteiger partial charge on any atom is -0.372 e. The van der Waals surface area contributed by atoms with Crippen molar-refractivity contribution in [1.29, 1.82) is 0 Å². The Morgan fingerprint density at radius 2 is 1.70 bits per heavy atom. The molecule has 1 aliphatic heterocycles. The number of anilines is 2. The SMILES string of the molecule is CCN(CC)c1ccc(NC(=O)[C@@H](Cc2ccccc2)N2Cc3ccccc3C2=O)c(C)c1. The van der Waals surface area contributed by atoms with Crippen molar-refractivity contribution in [1.82, 2.24) is 4.90 Å². The maximum Gasteiger partial charge on any atom is 0.255 e. The van der Waals surface area contributed by atoms with Gasteiger partial charge in [-0.15, -0.1) is 0 Å². The molecule has 1 atom stereocenters. The van der Waals surface area contributed by atoms with E-state index in [1.165, 1.54) is 0 Å². The van der Waals surface area contributed by atoms with E-state index < -0.39 is 6.04 Å². The van der Waals surface area contributed by atoms with Gasteiger partial charge >= 0.3 is 0 Å². The first-order chi connectivity index (χ1) is 16.0. The van der Waals surface area contributed by atoms with Crippen LogP contribution in [0.2, 0.25) is 0 Å². The van der Waals surface area contributed by atoms with Crippen LogP contribution < -0.4 is 10.2 Å². The lowest BCUT2D eigenvalue weighted by molar-refractivity contribution is -0.120. The summed E-state index contributed by atoms with van der Waals surface area (Å²) in [7, 11) is 0. The quantitative estimate of drug-likeness (QED) is 0.532. The molecule has 170 valence electrons. The number of rotatable bonds is 8. The molecule has 0 aromatic heterocycles. The summed E-state index contributed by atoms with van der Waals surface area (Å²) in [6.07, 6.45) is 0.461. The molecule has 0 saturated heterocycles. The lowest BCUT2D eigenvalue weighted by atomic mass is 10.0. The Kier molecular flexibility index (Phi) is 6.78. The standard InChI is InChI=1S/C28H31N3O2/c1-4-30(5-2)23-15-16-25(20(3)17-23)29-27(32)26(18-21-11-7-6-8-12-21)31-19-22-13-9-10-14-24(22)28(31)33/h6-17,26H,4-5,18-19H2,1-3H3,(H,29,32)/t26-/m1/s1. The summed E-state index contributed by atoms with van der Waals surface area (Å²) in [5, 5.41) is 3.11. The summed E-state index contributed by atoms with van der Waals surface area (Å²) in [6, 6.07) is 23.0. The van der Waals surface area contributed by atoms with Crippen molar-refractivity contribution in [3.05, 3.63) is 95.1 Å². The normalized spacial score (nSPS) is 13.5. The predicted octanol–water partition coefficient (Wildman–Crippen LogP) is 5.05. The number of hydrogen-bond acceptors (Lipinski definition) is 3. The van der Waals surface area contributed by atoms with Crippen LogP contribution in [0.25, 0.3) is 0 Å². The number of carbonyl (C=O) groups excluding carboxylic acids is 2. The highest BCUT2D eigenvalue weighted by atomic mass is 16.2. The number of nitrogens with one attached hydrogen (secondary N) is 1. The number of nitrogens with zero attached hydrogens (tertiary/aromatic N) is 2. The molecular formula is C28H31N3O2. The first-order valence-electron chi connectivity index (χ1n) is 11.6. The van der Waals surface area contributed by atoms with E-state index in [1.807, 2.05) is 73.7 Å². The number of hydrogen-bond donors (Lipinski definition) is 1. The molecule has 0 unspecified atom stereocenters. The van der Waals surface area contributed by atoms with Crippen LogP contribution in [0.5, 0.6) is 0 Å². The van der Waals surface area contributed by atoms with E-state index in [2.05, 4.69) is 30.1 Å². The molecule has 0 spiro atoms. The fourth-order valence-electron chi connectivity index (χ4n) is 4.50. The zero-order valence-corrected chi connectivity index (χ0v) is 19.5. The summed E-state index contributed by atoms with van der Waals surface area (Å²) in [5.41, 5.74) is 5.59. The van der Waals surface area contributed by atoms with Gasteiger partial charge in [-0.05, 0) is 61.7 Å². The van der Waals surface area contributed by atoms with Crippen LogP contribution in [0, 0.1) is 6.92 Å². The maximum absolute atomic E-state index is 13.6. The minimum absolute atomic E-state index is 0.0877. The van der Waals surface area contributed by atoms with Crippen molar-refractivity contribution in [2.75, 3.05) is 23.3 Å². The lowest BCUT2D eigenvalue weighted by Crippen LogP contribution is -2.45. The predicted molar refractivity (Wildman–Crippen MR) is 134 cm³/mol. The first kappa shape index (κ1) is 22.6. The van der Waals surface area contributed by atoms with E-state index in [1.54, 1.807) is 4.90 Å². The van der Waals surface area contributed by atoms with E-state index >= 15 is 0 Å². The molecule has 0 fully saturated rings. The molecular weight excluding hydrogens is 410 g/mol. The van der Waals surface area contributed by atoms with Gasteiger partial charge in [0.25, 0.3) is 5.91 Å². The van der Waals surface area contributed by atoms with Crippen LogP contribution in [-0.2, 0) is 17.8 Å². The van der Waals surface area contributed by atoms with Crippen molar-refractivity contribution < 1.29 is 9.59 Å². The van der Waals surface area contributed by atoms with Gasteiger partial charge in [-0.2, -0.15) is 0 Å². The molecule has 1 heterocycles. The van der Waals surface area contributed by atoms with Gasteiger partial charge in [-0.1, -0.05) is 48.5 Å². The summed E-state index contributed by atoms with van der Waals surface area (Å²) in [6.45, 7) is 8.57. The number of benzene rings is 3. The van der Waals surface area contributed by atoms with Gasteiger partial charge in [-0.25, -0.2) is 0 Å². The largest absolute Gasteiger partial charge is 0.372 e. The Morgan fingerprint density at radius 3 is 2.36 bits per heavy atom. The van der Waals surface area contributed by atoms with Crippen LogP contribution in [-0.4, -0.2) is 35.8 Å². The number of fused-ring (bicyclic) bond motifs is 1. The highest BCUT2D eigenvalue weighted by Gasteiger charge is 2.36. The van der Waals surface area contributed by atoms with E-state index in [9.17, 15) is 9.59 Å². The summed E-state index contributed by atoms with van der Waals surface area (Å²) in [4.78, 5) is 30.7. The summed E-state index contributed by atoms with van der Waals surface area (Å²) < 4.78 is 0. The van der Waals surface area contributed by atoms with Crippen molar-refractivity contribution in [2.24, 2.45) is 0 Å². The minimum atomic E-state index is -0.603. The molecule has 0 radical (unpaired) electrons. The molecule has 4 rings (SSSR count). The van der Waals surface area contributed by atoms with Crippen LogP contribution in [0.15, 0.2) is 72.8 Å². The molecule has 0 aliphatic carbocycles. The Labute approximate surface area is 196 Å². The van der Waals surface area contributed by atoms with Crippen molar-refractivity contribution in [3.8, 4) is 0 Å². The van der Waals surface area contributed by atoms with Crippen LogP contribution in [0.4, 0.5) is 11.4 Å². The van der Waals surface area contributed by atoms with Gasteiger partial charge in [-0.3, -0.25) is 9.59 Å². The van der Waals surface area contributed by atoms with Crippen LogP contribution >= 0.6 is 0 Å². The third-order valence-corrected chi connectivity index (χ3v) is 6.40. The molecule has 5 nitrogen and oxygen atoms in total. The molecule has 33 heavy (non-hydrogen) atoms. The van der Waals surface area contributed by atoms with Crippen molar-refractivity contribution in [3.63, 3.8) is 0 Å². The zero-order valence-electron chi connectivity index (χ0n) is 19.5. The van der Waals surface area contributed by atoms with E-state index in [0.717, 1.165) is 41.2 Å². The topological polar surface area (TPSA) is 52.7 Å². The Morgan fingerprint density at radius 1 is 1.00 bits per heavy atom. The third kappa shape index (κ3) is 4.77. The Hall–Kier alpha value is -3.60. The second-order valence-electron chi connectivity index (χ2n) is 8.46. The summed E-state index contributed by atoms with van der Waals surface area (Å²) in [5.74, 6) is -0.256. The number of amides is 2. The van der Waals surface area contributed by atoms with E-state index in [0.29, 0.717) is 18.5 Å². The van der Waals surface area contributed by atoms with Gasteiger partial charge in [0, 0.05) is 43.0 Å². The van der Waals surface area contributed by atoms with Crippen molar-refractivity contribution >= 4 is 23.2 Å². The Balaban J connectivity index is 1.60. The maximum atomic E-state index is 13.6. The molecule has 5 heteroatoms. The average Bonchev–Trinajstić information content (AvgIpc) is 3.17. The highest BCUT2D eigenvalue weighted by Crippen LogP contribution is 2.28. The van der Waals surface area contributed by atoms with Gasteiger partial charge in [0.1, 0.15) is 6.04 Å². The monoisotopic (exact) mass is 441 g/mol. The fourth-order valence-corrected chi connectivity index (χ4v) is 4.50. The molecule has 1 N–H and O–H groups in total. The lowest BCUT2D eigenvalue weighted by Gasteiger charge is -2.28. The smallest absolute Gasteiger partial charge is 0.255 e. The van der Waals surface area contributed by atoms with Crippen LogP contribution in [0.3, 0.4) is 0 Å². The molecule has 0 saturated carbocycles. The third-order valence-electron chi connectivity index (χ3n) is 6.40. The molecule has 2 amide bonds. The molecule has 0 bridgehead atoms. The van der Waals surface area contributed by atoms with Gasteiger partial charge in [0.05, 0.1) is 0 Å². The Bertz CT molecular complexity index is 1140. The second kappa shape index (κ2) is 9.90. The zero-order chi connectivity index (χ0) is 23.4. The molecule has 3 aromatic carbocycles. The fraction of sp³-hybridized carbons (Fsp3) is 0.286. The average molecular weight is 442 g/mol. The van der Waals surface area contributed by atoms with Gasteiger partial charge in [0.2, 0.25) is 5.91 Å². The van der Waals surface area contributed by atoms with E-state index in [4.69, 9.17) is 0 Å². The van der Waals surface area contributed by atoms with Crippen LogP contribution in [0.1, 0.15) is 40.9 Å². The molecule has 1 aliphatic rings. The second-order valence-corrected chi connectivity index (χ2v) is 8.46. The van der Waals surface area contributed by atoms with Crippen molar-refractivity contribution in [2.45, 2.75) is 39.8 Å². The number of aryl methyl sites for hydroxylation is 1.